The molecule has 2 saturated carbocycles. The van der Waals surface area contributed by atoms with Gasteiger partial charge in [-0.2, -0.15) is 0 Å². The molecule has 1 heteroatoms. The predicted molar refractivity (Wildman–Crippen MR) is 79.7 cm³/mol. The van der Waals surface area contributed by atoms with Crippen molar-refractivity contribution in [1.29, 1.82) is 0 Å². The highest BCUT2D eigenvalue weighted by molar-refractivity contribution is 4.90. The Labute approximate surface area is 114 Å². The Morgan fingerprint density at radius 3 is 2.56 bits per heavy atom. The molecule has 2 rings (SSSR count). The molecule has 0 aromatic heterocycles. The SMILES string of the molecule is CCCC(C)C1CC(C)(C)CCC1CNC1CC1. The first kappa shape index (κ1) is 14.4. The Hall–Kier alpha value is -0.0400. The molecule has 106 valence electrons. The van der Waals surface area contributed by atoms with Gasteiger partial charge in [0, 0.05) is 6.04 Å². The first-order valence-electron chi connectivity index (χ1n) is 8.25. The summed E-state index contributed by atoms with van der Waals surface area (Å²) in [7, 11) is 0. The summed E-state index contributed by atoms with van der Waals surface area (Å²) in [5.74, 6) is 2.82. The van der Waals surface area contributed by atoms with Crippen molar-refractivity contribution in [2.75, 3.05) is 6.54 Å². The summed E-state index contributed by atoms with van der Waals surface area (Å²) in [4.78, 5) is 0. The van der Waals surface area contributed by atoms with Crippen LogP contribution in [0.4, 0.5) is 0 Å². The second-order valence-electron chi connectivity index (χ2n) is 7.78. The molecule has 3 unspecified atom stereocenters. The van der Waals surface area contributed by atoms with E-state index in [0.717, 1.165) is 23.8 Å². The smallest absolute Gasteiger partial charge is 0.00683 e. The molecule has 1 N–H and O–H groups in total. The van der Waals surface area contributed by atoms with Gasteiger partial charge in [0.05, 0.1) is 0 Å². The molecule has 0 amide bonds. The molecule has 2 aliphatic rings. The van der Waals surface area contributed by atoms with Crippen molar-refractivity contribution in [3.05, 3.63) is 0 Å². The van der Waals surface area contributed by atoms with E-state index >= 15 is 0 Å². The Morgan fingerprint density at radius 1 is 1.22 bits per heavy atom. The van der Waals surface area contributed by atoms with Crippen LogP contribution in [-0.4, -0.2) is 12.6 Å². The molecule has 0 bridgehead atoms. The van der Waals surface area contributed by atoms with Crippen LogP contribution < -0.4 is 5.32 Å². The maximum Gasteiger partial charge on any atom is 0.00683 e. The van der Waals surface area contributed by atoms with Crippen molar-refractivity contribution in [3.63, 3.8) is 0 Å². The maximum atomic E-state index is 3.78. The molecule has 0 aliphatic heterocycles. The fourth-order valence-corrected chi connectivity index (χ4v) is 3.89. The second-order valence-corrected chi connectivity index (χ2v) is 7.78. The summed E-state index contributed by atoms with van der Waals surface area (Å²) in [6, 6.07) is 0.877. The van der Waals surface area contributed by atoms with Gasteiger partial charge in [0.1, 0.15) is 0 Å². The molecule has 18 heavy (non-hydrogen) atoms. The van der Waals surface area contributed by atoms with E-state index in [9.17, 15) is 0 Å². The van der Waals surface area contributed by atoms with E-state index in [1.165, 1.54) is 51.5 Å². The van der Waals surface area contributed by atoms with E-state index in [2.05, 4.69) is 33.0 Å². The fraction of sp³-hybridized carbons (Fsp3) is 1.00. The standard InChI is InChI=1S/C17H33N/c1-5-6-13(2)16-11-17(3,4)10-9-14(16)12-18-15-7-8-15/h13-16,18H,5-12H2,1-4H3. The molecule has 0 radical (unpaired) electrons. The van der Waals surface area contributed by atoms with Crippen LogP contribution in [0.1, 0.15) is 72.6 Å². The van der Waals surface area contributed by atoms with E-state index in [0.29, 0.717) is 5.41 Å². The third kappa shape index (κ3) is 3.98. The van der Waals surface area contributed by atoms with E-state index in [1.54, 1.807) is 0 Å². The molecule has 0 aromatic rings. The van der Waals surface area contributed by atoms with Crippen molar-refractivity contribution in [2.45, 2.75) is 78.7 Å². The normalized spacial score (nSPS) is 33.3. The van der Waals surface area contributed by atoms with Gasteiger partial charge in [0.2, 0.25) is 0 Å². The van der Waals surface area contributed by atoms with E-state index in [1.807, 2.05) is 0 Å². The highest BCUT2D eigenvalue weighted by Crippen LogP contribution is 2.45. The molecule has 0 saturated heterocycles. The van der Waals surface area contributed by atoms with Crippen LogP contribution in [0.2, 0.25) is 0 Å². The molecule has 0 heterocycles. The lowest BCUT2D eigenvalue weighted by Crippen LogP contribution is -2.39. The van der Waals surface area contributed by atoms with Gasteiger partial charge in [0.25, 0.3) is 0 Å². The lowest BCUT2D eigenvalue weighted by atomic mass is 9.63. The average molecular weight is 251 g/mol. The zero-order valence-corrected chi connectivity index (χ0v) is 13.0. The maximum absolute atomic E-state index is 3.78. The van der Waals surface area contributed by atoms with Crippen LogP contribution in [0, 0.1) is 23.2 Å². The van der Waals surface area contributed by atoms with Crippen LogP contribution >= 0.6 is 0 Å². The molecule has 2 aliphatic carbocycles. The molecular formula is C17H33N. The summed E-state index contributed by atoms with van der Waals surface area (Å²) >= 11 is 0. The van der Waals surface area contributed by atoms with Crippen LogP contribution in [0.5, 0.6) is 0 Å². The number of hydrogen-bond donors (Lipinski definition) is 1. The van der Waals surface area contributed by atoms with E-state index in [-0.39, 0.29) is 0 Å². The summed E-state index contributed by atoms with van der Waals surface area (Å²) in [5.41, 5.74) is 0.586. The van der Waals surface area contributed by atoms with Gasteiger partial charge in [-0.3, -0.25) is 0 Å². The van der Waals surface area contributed by atoms with Crippen LogP contribution in [0.3, 0.4) is 0 Å². The minimum Gasteiger partial charge on any atom is -0.314 e. The van der Waals surface area contributed by atoms with Gasteiger partial charge < -0.3 is 5.32 Å². The highest BCUT2D eigenvalue weighted by Gasteiger charge is 2.37. The lowest BCUT2D eigenvalue weighted by Gasteiger charge is -2.44. The Kier molecular flexibility index (Phi) is 4.75. The zero-order valence-electron chi connectivity index (χ0n) is 13.0. The van der Waals surface area contributed by atoms with E-state index < -0.39 is 0 Å². The van der Waals surface area contributed by atoms with Gasteiger partial charge in [-0.05, 0) is 61.8 Å². The zero-order chi connectivity index (χ0) is 13.2. The monoisotopic (exact) mass is 251 g/mol. The summed E-state index contributed by atoms with van der Waals surface area (Å²) in [6.07, 6.45) is 9.94. The molecule has 3 atom stereocenters. The van der Waals surface area contributed by atoms with Gasteiger partial charge in [0.15, 0.2) is 0 Å². The minimum atomic E-state index is 0.586. The number of rotatable bonds is 6. The van der Waals surface area contributed by atoms with Crippen molar-refractivity contribution in [2.24, 2.45) is 23.2 Å². The number of nitrogens with one attached hydrogen (secondary N) is 1. The largest absolute Gasteiger partial charge is 0.314 e. The van der Waals surface area contributed by atoms with E-state index in [4.69, 9.17) is 0 Å². The third-order valence-corrected chi connectivity index (χ3v) is 5.31. The van der Waals surface area contributed by atoms with Gasteiger partial charge >= 0.3 is 0 Å². The van der Waals surface area contributed by atoms with Gasteiger partial charge in [-0.15, -0.1) is 0 Å². The van der Waals surface area contributed by atoms with Crippen LogP contribution in [-0.2, 0) is 0 Å². The Morgan fingerprint density at radius 2 is 1.94 bits per heavy atom. The molecule has 1 nitrogen and oxygen atoms in total. The highest BCUT2D eigenvalue weighted by atomic mass is 14.9. The van der Waals surface area contributed by atoms with Gasteiger partial charge in [-0.25, -0.2) is 0 Å². The lowest BCUT2D eigenvalue weighted by molar-refractivity contribution is 0.0751. The molecule has 0 spiro atoms. The number of hydrogen-bond acceptors (Lipinski definition) is 1. The van der Waals surface area contributed by atoms with Crippen molar-refractivity contribution in [3.8, 4) is 0 Å². The molecule has 2 fully saturated rings. The summed E-state index contributed by atoms with van der Waals surface area (Å²) in [5, 5.41) is 3.78. The third-order valence-electron chi connectivity index (χ3n) is 5.31. The Balaban J connectivity index is 1.91. The fourth-order valence-electron chi connectivity index (χ4n) is 3.89. The topological polar surface area (TPSA) is 12.0 Å². The quantitative estimate of drug-likeness (QED) is 0.726. The molecular weight excluding hydrogens is 218 g/mol. The first-order chi connectivity index (χ1) is 8.52. The van der Waals surface area contributed by atoms with Crippen LogP contribution in [0.15, 0.2) is 0 Å². The minimum absolute atomic E-state index is 0.586. The van der Waals surface area contributed by atoms with Crippen LogP contribution in [0.25, 0.3) is 0 Å². The van der Waals surface area contributed by atoms with Crippen molar-refractivity contribution >= 4 is 0 Å². The molecule has 0 aromatic carbocycles. The second kappa shape index (κ2) is 5.94. The summed E-state index contributed by atoms with van der Waals surface area (Å²) < 4.78 is 0. The Bertz CT molecular complexity index is 252. The summed E-state index contributed by atoms with van der Waals surface area (Å²) in [6.45, 7) is 11.1. The average Bonchev–Trinajstić information content (AvgIpc) is 3.11. The van der Waals surface area contributed by atoms with Gasteiger partial charge in [-0.1, -0.05) is 40.5 Å². The predicted octanol–water partition coefficient (Wildman–Crippen LogP) is 4.62. The van der Waals surface area contributed by atoms with Crippen molar-refractivity contribution in [1.82, 2.24) is 5.32 Å². The van der Waals surface area contributed by atoms with Crippen molar-refractivity contribution < 1.29 is 0 Å². The first-order valence-corrected chi connectivity index (χ1v) is 8.25.